The van der Waals surface area contributed by atoms with E-state index in [9.17, 15) is 9.18 Å². The van der Waals surface area contributed by atoms with Crippen molar-refractivity contribution in [3.05, 3.63) is 58.9 Å². The van der Waals surface area contributed by atoms with Gasteiger partial charge in [0.1, 0.15) is 17.3 Å². The van der Waals surface area contributed by atoms with Gasteiger partial charge in [-0.3, -0.25) is 4.79 Å². The molecular weight excluding hydrogens is 259 g/mol. The molecule has 3 nitrogen and oxygen atoms in total. The maximum Gasteiger partial charge on any atom is 0.195 e. The Kier molecular flexibility index (Phi) is 3.14. The predicted molar refractivity (Wildman–Crippen MR) is 72.0 cm³/mol. The van der Waals surface area contributed by atoms with E-state index in [1.807, 2.05) is 0 Å². The zero-order valence-corrected chi connectivity index (χ0v) is 11.0. The molecule has 1 aliphatic heterocycles. The van der Waals surface area contributed by atoms with Gasteiger partial charge < -0.3 is 9.47 Å². The molecule has 0 aliphatic carbocycles. The van der Waals surface area contributed by atoms with E-state index < -0.39 is 5.82 Å². The molecule has 2 aromatic carbocycles. The fraction of sp³-hybridized carbons (Fsp3) is 0.188. The van der Waals surface area contributed by atoms with E-state index in [0.717, 1.165) is 17.7 Å². The lowest BCUT2D eigenvalue weighted by molar-refractivity contribution is 0.103. The summed E-state index contributed by atoms with van der Waals surface area (Å²) < 4.78 is 24.2. The summed E-state index contributed by atoms with van der Waals surface area (Å²) in [7, 11) is 1.46. The van der Waals surface area contributed by atoms with Gasteiger partial charge in [0.25, 0.3) is 0 Å². The van der Waals surface area contributed by atoms with Crippen LogP contribution in [-0.4, -0.2) is 19.5 Å². The molecule has 0 N–H and O–H groups in total. The summed E-state index contributed by atoms with van der Waals surface area (Å²) in [5.74, 6) is 0.282. The third-order valence-corrected chi connectivity index (χ3v) is 3.37. The second kappa shape index (κ2) is 4.96. The van der Waals surface area contributed by atoms with Crippen LogP contribution in [0.15, 0.2) is 36.4 Å². The summed E-state index contributed by atoms with van der Waals surface area (Å²) in [5, 5.41) is 0. The third-order valence-electron chi connectivity index (χ3n) is 3.37. The molecular formula is C16H13FO3. The molecule has 0 unspecified atom stereocenters. The van der Waals surface area contributed by atoms with Crippen LogP contribution < -0.4 is 9.47 Å². The lowest BCUT2D eigenvalue weighted by atomic mass is 10.00. The molecule has 0 saturated heterocycles. The number of methoxy groups -OCH3 is 1. The smallest absolute Gasteiger partial charge is 0.195 e. The molecule has 0 aromatic heterocycles. The molecule has 4 heteroatoms. The van der Waals surface area contributed by atoms with E-state index in [-0.39, 0.29) is 11.3 Å². The third kappa shape index (κ3) is 2.13. The Morgan fingerprint density at radius 1 is 1.25 bits per heavy atom. The highest BCUT2D eigenvalue weighted by atomic mass is 19.1. The quantitative estimate of drug-likeness (QED) is 0.806. The van der Waals surface area contributed by atoms with Gasteiger partial charge in [-0.2, -0.15) is 0 Å². The second-order valence-electron chi connectivity index (χ2n) is 4.60. The molecule has 102 valence electrons. The van der Waals surface area contributed by atoms with Crippen LogP contribution in [0.3, 0.4) is 0 Å². The maximum atomic E-state index is 13.9. The number of carbonyl (C=O) groups excluding carboxylic acids is 1. The topological polar surface area (TPSA) is 35.5 Å². The monoisotopic (exact) mass is 272 g/mol. The van der Waals surface area contributed by atoms with E-state index in [4.69, 9.17) is 9.47 Å². The van der Waals surface area contributed by atoms with Gasteiger partial charge in [-0.1, -0.05) is 0 Å². The van der Waals surface area contributed by atoms with Gasteiger partial charge in [0.15, 0.2) is 5.78 Å². The number of ketones is 1. The maximum absolute atomic E-state index is 13.9. The number of carbonyl (C=O) groups is 1. The molecule has 0 atom stereocenters. The minimum absolute atomic E-state index is 0.0460. The Balaban J connectivity index is 1.96. The molecule has 1 heterocycles. The van der Waals surface area contributed by atoms with Gasteiger partial charge in [-0.05, 0) is 35.9 Å². The predicted octanol–water partition coefficient (Wildman–Crippen LogP) is 3.00. The highest BCUT2D eigenvalue weighted by Gasteiger charge is 2.18. The standard InChI is InChI=1S/C16H13FO3/c1-19-12-3-4-13(14(17)9-12)16(18)11-2-5-15-10(8-11)6-7-20-15/h2-5,8-9H,6-7H2,1H3. The zero-order chi connectivity index (χ0) is 14.1. The first kappa shape index (κ1) is 12.7. The first-order chi connectivity index (χ1) is 9.69. The van der Waals surface area contributed by atoms with Crippen LogP contribution >= 0.6 is 0 Å². The van der Waals surface area contributed by atoms with Crippen LogP contribution in [0.2, 0.25) is 0 Å². The van der Waals surface area contributed by atoms with E-state index in [0.29, 0.717) is 17.9 Å². The molecule has 0 fully saturated rings. The lowest BCUT2D eigenvalue weighted by Crippen LogP contribution is -2.05. The summed E-state index contributed by atoms with van der Waals surface area (Å²) in [6.45, 7) is 0.629. The average molecular weight is 272 g/mol. The van der Waals surface area contributed by atoms with E-state index in [1.165, 1.54) is 19.2 Å². The summed E-state index contributed by atoms with van der Waals surface area (Å²) in [6, 6.07) is 9.43. The van der Waals surface area contributed by atoms with Crippen molar-refractivity contribution in [3.63, 3.8) is 0 Å². The molecule has 0 saturated carbocycles. The first-order valence-corrected chi connectivity index (χ1v) is 6.33. The second-order valence-corrected chi connectivity index (χ2v) is 4.60. The Morgan fingerprint density at radius 2 is 2.10 bits per heavy atom. The number of benzene rings is 2. The van der Waals surface area contributed by atoms with Crippen LogP contribution in [0.5, 0.6) is 11.5 Å². The zero-order valence-electron chi connectivity index (χ0n) is 11.0. The molecule has 1 aliphatic rings. The number of hydrogen-bond acceptors (Lipinski definition) is 3. The molecule has 0 radical (unpaired) electrons. The lowest BCUT2D eigenvalue weighted by Gasteiger charge is -2.06. The van der Waals surface area contributed by atoms with Crippen LogP contribution in [0.4, 0.5) is 4.39 Å². The number of fused-ring (bicyclic) bond motifs is 1. The van der Waals surface area contributed by atoms with Gasteiger partial charge in [-0.25, -0.2) is 4.39 Å². The van der Waals surface area contributed by atoms with Crippen molar-refractivity contribution in [1.82, 2.24) is 0 Å². The fourth-order valence-electron chi connectivity index (χ4n) is 2.29. The van der Waals surface area contributed by atoms with Crippen LogP contribution in [-0.2, 0) is 6.42 Å². The van der Waals surface area contributed by atoms with Crippen molar-refractivity contribution in [1.29, 1.82) is 0 Å². The normalized spacial score (nSPS) is 12.7. The molecule has 0 spiro atoms. The summed E-state index contributed by atoms with van der Waals surface area (Å²) >= 11 is 0. The average Bonchev–Trinajstić information content (AvgIpc) is 2.93. The van der Waals surface area contributed by atoms with Gasteiger partial charge in [-0.15, -0.1) is 0 Å². The molecule has 0 bridgehead atoms. The number of ether oxygens (including phenoxy) is 2. The van der Waals surface area contributed by atoms with Gasteiger partial charge in [0.05, 0.1) is 19.3 Å². The van der Waals surface area contributed by atoms with Crippen LogP contribution in [0.1, 0.15) is 21.5 Å². The molecule has 2 aromatic rings. The summed E-state index contributed by atoms with van der Waals surface area (Å²) in [6.07, 6.45) is 0.779. The number of hydrogen-bond donors (Lipinski definition) is 0. The van der Waals surface area contributed by atoms with E-state index in [1.54, 1.807) is 24.3 Å². The number of rotatable bonds is 3. The minimum Gasteiger partial charge on any atom is -0.497 e. The SMILES string of the molecule is COc1ccc(C(=O)c2ccc3c(c2)CCO3)c(F)c1. The fourth-order valence-corrected chi connectivity index (χ4v) is 2.29. The highest BCUT2D eigenvalue weighted by molar-refractivity contribution is 6.09. The first-order valence-electron chi connectivity index (χ1n) is 6.33. The van der Waals surface area contributed by atoms with Crippen molar-refractivity contribution >= 4 is 5.78 Å². The summed E-state index contributed by atoms with van der Waals surface area (Å²) in [5.41, 5.74) is 1.51. The van der Waals surface area contributed by atoms with Crippen LogP contribution in [0.25, 0.3) is 0 Å². The molecule has 3 rings (SSSR count). The van der Waals surface area contributed by atoms with Crippen molar-refractivity contribution in [2.45, 2.75) is 6.42 Å². The molecule has 0 amide bonds. The largest absolute Gasteiger partial charge is 0.497 e. The van der Waals surface area contributed by atoms with Gasteiger partial charge in [0.2, 0.25) is 0 Å². The van der Waals surface area contributed by atoms with E-state index >= 15 is 0 Å². The van der Waals surface area contributed by atoms with Crippen molar-refractivity contribution < 1.29 is 18.7 Å². The van der Waals surface area contributed by atoms with Gasteiger partial charge >= 0.3 is 0 Å². The van der Waals surface area contributed by atoms with Crippen molar-refractivity contribution in [2.75, 3.05) is 13.7 Å². The Bertz CT molecular complexity index is 679. The molecule has 20 heavy (non-hydrogen) atoms. The number of halogens is 1. The van der Waals surface area contributed by atoms with Crippen LogP contribution in [0, 0.1) is 5.82 Å². The summed E-state index contributed by atoms with van der Waals surface area (Å²) in [4.78, 5) is 12.3. The highest BCUT2D eigenvalue weighted by Crippen LogP contribution is 2.27. The van der Waals surface area contributed by atoms with Crippen molar-refractivity contribution in [3.8, 4) is 11.5 Å². The van der Waals surface area contributed by atoms with Crippen molar-refractivity contribution in [2.24, 2.45) is 0 Å². The van der Waals surface area contributed by atoms with E-state index in [2.05, 4.69) is 0 Å². The Morgan fingerprint density at radius 3 is 2.85 bits per heavy atom. The minimum atomic E-state index is -0.578. The Labute approximate surface area is 115 Å². The van der Waals surface area contributed by atoms with Gasteiger partial charge in [0, 0.05) is 18.1 Å². The Hall–Kier alpha value is -2.36.